The zero-order valence-electron chi connectivity index (χ0n) is 16.9. The fraction of sp³-hybridized carbons (Fsp3) is 0.238. The molecule has 2 N–H and O–H groups in total. The van der Waals surface area contributed by atoms with Gasteiger partial charge in [0, 0.05) is 36.2 Å². The van der Waals surface area contributed by atoms with Gasteiger partial charge in [-0.15, -0.1) is 0 Å². The summed E-state index contributed by atoms with van der Waals surface area (Å²) >= 11 is 0. The SMILES string of the molecule is Cc1cc(N2CCOCC2)nc(Nc2ccc(NS(=O)(=O)c3ccc(F)cc3)cc2)n1. The molecule has 4 rings (SSSR count). The van der Waals surface area contributed by atoms with Gasteiger partial charge in [-0.2, -0.15) is 4.98 Å². The molecule has 8 nitrogen and oxygen atoms in total. The van der Waals surface area contributed by atoms with Gasteiger partial charge in [0.15, 0.2) is 0 Å². The first kappa shape index (κ1) is 21.0. The van der Waals surface area contributed by atoms with Crippen LogP contribution in [-0.4, -0.2) is 44.7 Å². The Kier molecular flexibility index (Phi) is 6.01. The summed E-state index contributed by atoms with van der Waals surface area (Å²) in [5.41, 5.74) is 1.93. The van der Waals surface area contributed by atoms with Gasteiger partial charge < -0.3 is 15.0 Å². The van der Waals surface area contributed by atoms with E-state index < -0.39 is 15.8 Å². The molecule has 0 amide bonds. The van der Waals surface area contributed by atoms with Gasteiger partial charge in [0.05, 0.1) is 18.1 Å². The molecule has 1 fully saturated rings. The fourth-order valence-electron chi connectivity index (χ4n) is 3.14. The van der Waals surface area contributed by atoms with Crippen molar-refractivity contribution in [1.82, 2.24) is 9.97 Å². The third-order valence-electron chi connectivity index (χ3n) is 4.69. The number of ether oxygens (including phenoxy) is 1. The second kappa shape index (κ2) is 8.86. The van der Waals surface area contributed by atoms with Crippen molar-refractivity contribution in [2.45, 2.75) is 11.8 Å². The average molecular weight is 444 g/mol. The molecule has 0 aliphatic carbocycles. The first-order valence-corrected chi connectivity index (χ1v) is 11.2. The molecule has 1 aliphatic heterocycles. The number of sulfonamides is 1. The topological polar surface area (TPSA) is 96.5 Å². The molecule has 0 spiro atoms. The van der Waals surface area contributed by atoms with Crippen LogP contribution in [0.1, 0.15) is 5.69 Å². The summed E-state index contributed by atoms with van der Waals surface area (Å²) in [6.07, 6.45) is 0. The lowest BCUT2D eigenvalue weighted by molar-refractivity contribution is 0.122. The van der Waals surface area contributed by atoms with E-state index in [1.54, 1.807) is 24.3 Å². The number of nitrogens with one attached hydrogen (secondary N) is 2. The van der Waals surface area contributed by atoms with Crippen molar-refractivity contribution < 1.29 is 17.5 Å². The Morgan fingerprint density at radius 3 is 2.29 bits per heavy atom. The number of aryl methyl sites for hydroxylation is 1. The minimum atomic E-state index is -3.80. The minimum Gasteiger partial charge on any atom is -0.378 e. The van der Waals surface area contributed by atoms with E-state index in [1.165, 1.54) is 12.1 Å². The van der Waals surface area contributed by atoms with Crippen molar-refractivity contribution in [3.05, 3.63) is 66.1 Å². The maximum Gasteiger partial charge on any atom is 0.261 e. The van der Waals surface area contributed by atoms with Gasteiger partial charge in [-0.1, -0.05) is 0 Å². The number of aromatic nitrogens is 2. The van der Waals surface area contributed by atoms with Crippen molar-refractivity contribution in [2.75, 3.05) is 41.2 Å². The lowest BCUT2D eigenvalue weighted by Crippen LogP contribution is -2.36. The third kappa shape index (κ3) is 5.28. The molecule has 0 radical (unpaired) electrons. The van der Waals surface area contributed by atoms with E-state index >= 15 is 0 Å². The van der Waals surface area contributed by atoms with E-state index in [2.05, 4.69) is 24.9 Å². The lowest BCUT2D eigenvalue weighted by Gasteiger charge is -2.28. The average Bonchev–Trinajstić information content (AvgIpc) is 2.75. The van der Waals surface area contributed by atoms with Crippen molar-refractivity contribution in [2.24, 2.45) is 0 Å². The van der Waals surface area contributed by atoms with Crippen molar-refractivity contribution in [1.29, 1.82) is 0 Å². The molecular weight excluding hydrogens is 421 g/mol. The summed E-state index contributed by atoms with van der Waals surface area (Å²) < 4.78 is 45.8. The van der Waals surface area contributed by atoms with E-state index in [9.17, 15) is 12.8 Å². The first-order chi connectivity index (χ1) is 14.9. The molecule has 162 valence electrons. The Hall–Kier alpha value is -3.24. The summed E-state index contributed by atoms with van der Waals surface area (Å²) in [6, 6.07) is 13.3. The van der Waals surface area contributed by atoms with E-state index in [0.717, 1.165) is 36.7 Å². The number of morpholine rings is 1. The van der Waals surface area contributed by atoms with Crippen LogP contribution in [0.2, 0.25) is 0 Å². The Balaban J connectivity index is 1.46. The smallest absolute Gasteiger partial charge is 0.261 e. The second-order valence-corrected chi connectivity index (χ2v) is 8.73. The number of nitrogens with zero attached hydrogens (tertiary/aromatic N) is 3. The summed E-state index contributed by atoms with van der Waals surface area (Å²) in [5.74, 6) is 0.799. The highest BCUT2D eigenvalue weighted by Gasteiger charge is 2.15. The van der Waals surface area contributed by atoms with Crippen molar-refractivity contribution in [3.63, 3.8) is 0 Å². The Bertz CT molecular complexity index is 1150. The van der Waals surface area contributed by atoms with Crippen LogP contribution in [0.3, 0.4) is 0 Å². The van der Waals surface area contributed by atoms with Gasteiger partial charge in [-0.3, -0.25) is 4.72 Å². The quantitative estimate of drug-likeness (QED) is 0.603. The Morgan fingerprint density at radius 1 is 0.968 bits per heavy atom. The van der Waals surface area contributed by atoms with Crippen molar-refractivity contribution in [3.8, 4) is 0 Å². The van der Waals surface area contributed by atoms with Crippen molar-refractivity contribution >= 4 is 33.2 Å². The number of benzene rings is 2. The second-order valence-electron chi connectivity index (χ2n) is 7.05. The maximum absolute atomic E-state index is 13.0. The predicted octanol–water partition coefficient (Wildman–Crippen LogP) is 3.31. The predicted molar refractivity (Wildman–Crippen MR) is 117 cm³/mol. The lowest BCUT2D eigenvalue weighted by atomic mass is 10.3. The molecule has 0 bridgehead atoms. The molecule has 3 aromatic rings. The Morgan fingerprint density at radius 2 is 1.61 bits per heavy atom. The zero-order valence-corrected chi connectivity index (χ0v) is 17.7. The van der Waals surface area contributed by atoms with Crippen LogP contribution in [0.5, 0.6) is 0 Å². The third-order valence-corrected chi connectivity index (χ3v) is 6.09. The van der Waals surface area contributed by atoms with Crippen LogP contribution in [0, 0.1) is 12.7 Å². The maximum atomic E-state index is 13.0. The monoisotopic (exact) mass is 443 g/mol. The van der Waals surface area contributed by atoms with Gasteiger partial charge in [-0.05, 0) is 55.5 Å². The molecule has 1 aliphatic rings. The standard InChI is InChI=1S/C21H22FN5O3S/c1-15-14-20(27-10-12-30-13-11-27)25-21(23-15)24-17-4-6-18(7-5-17)26-31(28,29)19-8-2-16(22)3-9-19/h2-9,14,26H,10-13H2,1H3,(H,23,24,25). The van der Waals surface area contributed by atoms with Crippen LogP contribution in [0.4, 0.5) is 27.5 Å². The van der Waals surface area contributed by atoms with E-state index in [1.807, 2.05) is 13.0 Å². The highest BCUT2D eigenvalue weighted by atomic mass is 32.2. The van der Waals surface area contributed by atoms with Crippen LogP contribution in [-0.2, 0) is 14.8 Å². The summed E-state index contributed by atoms with van der Waals surface area (Å²) in [5, 5.41) is 3.15. The largest absolute Gasteiger partial charge is 0.378 e. The van der Waals surface area contributed by atoms with Gasteiger partial charge >= 0.3 is 0 Å². The van der Waals surface area contributed by atoms with Gasteiger partial charge in [-0.25, -0.2) is 17.8 Å². The van der Waals surface area contributed by atoms with Crippen LogP contribution in [0.25, 0.3) is 0 Å². The highest BCUT2D eigenvalue weighted by molar-refractivity contribution is 7.92. The molecule has 0 atom stereocenters. The van der Waals surface area contributed by atoms with Gasteiger partial charge in [0.25, 0.3) is 10.0 Å². The molecule has 1 aromatic heterocycles. The van der Waals surface area contributed by atoms with E-state index in [0.29, 0.717) is 30.5 Å². The van der Waals surface area contributed by atoms with Gasteiger partial charge in [0.2, 0.25) is 5.95 Å². The summed E-state index contributed by atoms with van der Waals surface area (Å²) in [4.78, 5) is 11.2. The molecule has 0 unspecified atom stereocenters. The normalized spacial score (nSPS) is 14.3. The summed E-state index contributed by atoms with van der Waals surface area (Å²) in [7, 11) is -3.80. The fourth-order valence-corrected chi connectivity index (χ4v) is 4.20. The minimum absolute atomic E-state index is 0.0140. The van der Waals surface area contributed by atoms with Crippen LogP contribution in [0.15, 0.2) is 59.5 Å². The number of rotatable bonds is 6. The molecular formula is C21H22FN5O3S. The zero-order chi connectivity index (χ0) is 21.8. The number of halogens is 1. The van der Waals surface area contributed by atoms with E-state index in [-0.39, 0.29) is 4.90 Å². The number of hydrogen-bond donors (Lipinski definition) is 2. The molecule has 2 heterocycles. The highest BCUT2D eigenvalue weighted by Crippen LogP contribution is 2.22. The molecule has 2 aromatic carbocycles. The van der Waals surface area contributed by atoms with E-state index in [4.69, 9.17) is 4.74 Å². The molecule has 10 heteroatoms. The molecule has 31 heavy (non-hydrogen) atoms. The Labute approximate surface area is 180 Å². The first-order valence-electron chi connectivity index (χ1n) is 9.73. The van der Waals surface area contributed by atoms with Gasteiger partial charge in [0.1, 0.15) is 11.6 Å². The summed E-state index contributed by atoms with van der Waals surface area (Å²) in [6.45, 7) is 4.80. The molecule has 0 saturated carbocycles. The molecule has 1 saturated heterocycles. The number of anilines is 4. The van der Waals surface area contributed by atoms with Crippen LogP contribution >= 0.6 is 0 Å². The number of hydrogen-bond acceptors (Lipinski definition) is 7. The van der Waals surface area contributed by atoms with Crippen LogP contribution < -0.4 is 14.9 Å².